The lowest BCUT2D eigenvalue weighted by molar-refractivity contribution is 0.889. The van der Waals surface area contributed by atoms with Gasteiger partial charge in [-0.25, -0.2) is 15.0 Å². The van der Waals surface area contributed by atoms with Crippen molar-refractivity contribution in [3.63, 3.8) is 0 Å². The second-order valence-electron chi connectivity index (χ2n) is 15.3. The first kappa shape index (κ1) is 34.0. The van der Waals surface area contributed by atoms with Crippen molar-refractivity contribution in [1.29, 1.82) is 0 Å². The maximum absolute atomic E-state index is 5.44. The monoisotopic (exact) mass is 765 g/mol. The maximum atomic E-state index is 5.44. The van der Waals surface area contributed by atoms with Gasteiger partial charge in [-0.15, -0.1) is 0 Å². The van der Waals surface area contributed by atoms with Gasteiger partial charge in [0.05, 0.1) is 27.9 Å². The van der Waals surface area contributed by atoms with E-state index in [2.05, 4.69) is 179 Å². The van der Waals surface area contributed by atoms with Crippen LogP contribution in [0, 0.1) is 12.1 Å². The van der Waals surface area contributed by atoms with Crippen molar-refractivity contribution in [2.24, 2.45) is 0 Å². The normalized spacial score (nSPS) is 12.3. The van der Waals surface area contributed by atoms with Crippen LogP contribution in [0.25, 0.3) is 106 Å². The largest absolute Gasteiger partial charge is 0.310 e. The Kier molecular flexibility index (Phi) is 7.82. The Hall–Kier alpha value is -8.07. The standard InChI is InChI=1S/C55H35N5/c1-4-18-36(19-5-1)39-34-35-46(41-25-11-10-24-40(39)41)54-56-53(37-20-6-2-7-21-37)57-55(58-54)47-30-16-28-44-42-26-13-15-32-49(42)60(51(44)47)50-33-17-29-45-43-27-12-14-31-48(43)59(52(45)50)38-22-8-3-9-23-38/h1-8,10-14,16-22,24-31,33-35H,15,32H2. The summed E-state index contributed by atoms with van der Waals surface area (Å²) in [6, 6.07) is 68.3. The summed E-state index contributed by atoms with van der Waals surface area (Å²) in [6.45, 7) is 0. The summed E-state index contributed by atoms with van der Waals surface area (Å²) < 4.78 is 4.83. The number of hydrogen-bond acceptors (Lipinski definition) is 3. The van der Waals surface area contributed by atoms with Gasteiger partial charge in [-0.05, 0) is 77.2 Å². The lowest BCUT2D eigenvalue weighted by atomic mass is 9.94. The molecule has 0 N–H and O–H groups in total. The number of benzene rings is 7. The third-order valence-electron chi connectivity index (χ3n) is 11.9. The Morgan fingerprint density at radius 1 is 0.450 bits per heavy atom. The molecule has 0 saturated carbocycles. The molecule has 0 fully saturated rings. The summed E-state index contributed by atoms with van der Waals surface area (Å²) in [5.41, 5.74) is 13.0. The van der Waals surface area contributed by atoms with Crippen LogP contribution in [0.2, 0.25) is 0 Å². The highest BCUT2D eigenvalue weighted by molar-refractivity contribution is 6.13. The van der Waals surface area contributed by atoms with Gasteiger partial charge in [0.25, 0.3) is 0 Å². The van der Waals surface area contributed by atoms with Crippen LogP contribution < -0.4 is 0 Å². The molecule has 0 atom stereocenters. The summed E-state index contributed by atoms with van der Waals surface area (Å²) in [5, 5.41) is 5.78. The lowest BCUT2D eigenvalue weighted by Gasteiger charge is -2.18. The van der Waals surface area contributed by atoms with E-state index < -0.39 is 0 Å². The highest BCUT2D eigenvalue weighted by Gasteiger charge is 2.26. The van der Waals surface area contributed by atoms with E-state index in [1.807, 2.05) is 30.3 Å². The first-order chi connectivity index (χ1) is 29.8. The zero-order chi connectivity index (χ0) is 39.6. The van der Waals surface area contributed by atoms with Crippen LogP contribution in [0.5, 0.6) is 0 Å². The molecule has 280 valence electrons. The van der Waals surface area contributed by atoms with Gasteiger partial charge in [0.2, 0.25) is 0 Å². The van der Waals surface area contributed by atoms with Gasteiger partial charge in [0.1, 0.15) is 0 Å². The predicted molar refractivity (Wildman–Crippen MR) is 245 cm³/mol. The molecule has 11 aromatic rings. The molecular formula is C55H35N5. The zero-order valence-electron chi connectivity index (χ0n) is 32.5. The van der Waals surface area contributed by atoms with E-state index in [4.69, 9.17) is 15.0 Å². The molecule has 8 aromatic carbocycles. The van der Waals surface area contributed by atoms with Crippen molar-refractivity contribution >= 4 is 49.6 Å². The fourth-order valence-corrected chi connectivity index (χ4v) is 9.32. The van der Waals surface area contributed by atoms with Crippen molar-refractivity contribution in [3.05, 3.63) is 205 Å². The number of allylic oxidation sites excluding steroid dienone is 1. The molecule has 60 heavy (non-hydrogen) atoms. The third-order valence-corrected chi connectivity index (χ3v) is 11.9. The second kappa shape index (κ2) is 13.8. The van der Waals surface area contributed by atoms with E-state index in [-0.39, 0.29) is 0 Å². The molecule has 0 saturated heterocycles. The molecule has 12 rings (SSSR count). The van der Waals surface area contributed by atoms with Crippen LogP contribution in [0.3, 0.4) is 0 Å². The van der Waals surface area contributed by atoms with Crippen LogP contribution in [-0.4, -0.2) is 24.1 Å². The molecule has 3 aromatic heterocycles. The molecule has 0 radical (unpaired) electrons. The third kappa shape index (κ3) is 5.32. The summed E-state index contributed by atoms with van der Waals surface area (Å²) in [7, 11) is 0. The number of para-hydroxylation sites is 3. The van der Waals surface area contributed by atoms with Gasteiger partial charge in [-0.1, -0.05) is 158 Å². The van der Waals surface area contributed by atoms with E-state index >= 15 is 0 Å². The van der Waals surface area contributed by atoms with Gasteiger partial charge >= 0.3 is 0 Å². The minimum absolute atomic E-state index is 0.624. The first-order valence-electron chi connectivity index (χ1n) is 20.4. The van der Waals surface area contributed by atoms with E-state index in [1.54, 1.807) is 0 Å². The molecule has 0 spiro atoms. The topological polar surface area (TPSA) is 48.5 Å². The second-order valence-corrected chi connectivity index (χ2v) is 15.3. The molecule has 3 heterocycles. The molecule has 1 aliphatic carbocycles. The van der Waals surface area contributed by atoms with Crippen LogP contribution in [-0.2, 0) is 6.42 Å². The molecule has 5 heteroatoms. The molecule has 1 aliphatic rings. The quantitative estimate of drug-likeness (QED) is 0.169. The summed E-state index contributed by atoms with van der Waals surface area (Å²) in [4.78, 5) is 16.0. The Balaban J connectivity index is 1.16. The van der Waals surface area contributed by atoms with Gasteiger partial charge in [-0.3, -0.25) is 4.57 Å². The van der Waals surface area contributed by atoms with Crippen molar-refractivity contribution in [2.75, 3.05) is 0 Å². The molecule has 5 nitrogen and oxygen atoms in total. The summed E-state index contributed by atoms with van der Waals surface area (Å²) >= 11 is 0. The fraction of sp³-hybridized carbons (Fsp3) is 0.0364. The average Bonchev–Trinajstić information content (AvgIpc) is 3.85. The molecule has 0 aliphatic heterocycles. The minimum Gasteiger partial charge on any atom is -0.310 e. The van der Waals surface area contributed by atoms with Crippen LogP contribution in [0.1, 0.15) is 17.7 Å². The summed E-state index contributed by atoms with van der Waals surface area (Å²) in [6.07, 6.45) is 6.45. The van der Waals surface area contributed by atoms with E-state index in [0.717, 1.165) is 68.2 Å². The van der Waals surface area contributed by atoms with Crippen molar-refractivity contribution in [2.45, 2.75) is 12.8 Å². The van der Waals surface area contributed by atoms with Crippen molar-refractivity contribution in [3.8, 4) is 56.7 Å². The lowest BCUT2D eigenvalue weighted by Crippen LogP contribution is -2.07. The van der Waals surface area contributed by atoms with Gasteiger partial charge in [0.15, 0.2) is 17.5 Å². The van der Waals surface area contributed by atoms with E-state index in [1.165, 1.54) is 38.5 Å². The number of aromatic nitrogens is 5. The smallest absolute Gasteiger partial charge is 0.166 e. The van der Waals surface area contributed by atoms with Crippen LogP contribution >= 0.6 is 0 Å². The van der Waals surface area contributed by atoms with E-state index in [0.29, 0.717) is 17.5 Å². The number of hydrogen-bond donors (Lipinski definition) is 0. The van der Waals surface area contributed by atoms with Crippen LogP contribution in [0.4, 0.5) is 0 Å². The average molecular weight is 766 g/mol. The highest BCUT2D eigenvalue weighted by Crippen LogP contribution is 2.43. The Morgan fingerprint density at radius 3 is 1.90 bits per heavy atom. The van der Waals surface area contributed by atoms with Crippen molar-refractivity contribution in [1.82, 2.24) is 24.1 Å². The SMILES string of the molecule is c1cccc(-n2c3ccccc3c3cccc(-n4c5c(c6cccc(-c7nc(-c8ccccc8)nc(-c8ccc(-c9ccccc9)c9ccccc89)n7)c64)C=CCC5)c32)c#1. The van der Waals surface area contributed by atoms with Crippen LogP contribution in [0.15, 0.2) is 182 Å². The maximum Gasteiger partial charge on any atom is 0.166 e. The summed E-state index contributed by atoms with van der Waals surface area (Å²) in [5.74, 6) is 1.89. The van der Waals surface area contributed by atoms with Gasteiger partial charge in [0, 0.05) is 44.1 Å². The minimum atomic E-state index is 0.624. The number of fused-ring (bicyclic) bond motifs is 7. The Bertz CT molecular complexity index is 3470. The Morgan fingerprint density at radius 2 is 1.10 bits per heavy atom. The van der Waals surface area contributed by atoms with Gasteiger partial charge < -0.3 is 4.57 Å². The number of rotatable bonds is 6. The first-order valence-corrected chi connectivity index (χ1v) is 20.4. The van der Waals surface area contributed by atoms with E-state index in [9.17, 15) is 0 Å². The van der Waals surface area contributed by atoms with Gasteiger partial charge in [-0.2, -0.15) is 0 Å². The molecule has 0 unspecified atom stereocenters. The molecular weight excluding hydrogens is 731 g/mol. The predicted octanol–water partition coefficient (Wildman–Crippen LogP) is 13.3. The van der Waals surface area contributed by atoms with Crippen molar-refractivity contribution < 1.29 is 0 Å². The zero-order valence-corrected chi connectivity index (χ0v) is 32.5. The number of nitrogens with zero attached hydrogens (tertiary/aromatic N) is 5. The molecule has 0 amide bonds. The Labute approximate surface area is 347 Å². The highest BCUT2D eigenvalue weighted by atomic mass is 15.1. The molecule has 0 bridgehead atoms. The fourth-order valence-electron chi connectivity index (χ4n) is 9.32.